The average Bonchev–Trinajstić information content (AvgIpc) is 2.89. The number of fused-ring (bicyclic) bond motifs is 1. The van der Waals surface area contributed by atoms with Gasteiger partial charge in [-0.15, -0.1) is 0 Å². The van der Waals surface area contributed by atoms with Crippen molar-refractivity contribution < 1.29 is 19.1 Å². The zero-order valence-electron chi connectivity index (χ0n) is 20.0. The zero-order valence-corrected chi connectivity index (χ0v) is 20.0. The van der Waals surface area contributed by atoms with Crippen LogP contribution in [0.15, 0.2) is 60.7 Å². The topological polar surface area (TPSA) is 59.1 Å². The van der Waals surface area contributed by atoms with Crippen LogP contribution in [0.4, 0.5) is 5.69 Å². The van der Waals surface area contributed by atoms with E-state index in [-0.39, 0.29) is 18.4 Å². The molecule has 0 radical (unpaired) electrons. The van der Waals surface area contributed by atoms with Crippen LogP contribution in [0.2, 0.25) is 0 Å². The Hall–Kier alpha value is -3.54. The molecule has 0 bridgehead atoms. The van der Waals surface area contributed by atoms with E-state index in [9.17, 15) is 9.59 Å². The van der Waals surface area contributed by atoms with E-state index in [4.69, 9.17) is 9.47 Å². The van der Waals surface area contributed by atoms with Crippen molar-refractivity contribution in [3.63, 3.8) is 0 Å². The number of rotatable bonds is 8. The van der Waals surface area contributed by atoms with Gasteiger partial charge in [-0.1, -0.05) is 36.4 Å². The summed E-state index contributed by atoms with van der Waals surface area (Å²) in [4.78, 5) is 29.7. The molecule has 0 spiro atoms. The highest BCUT2D eigenvalue weighted by atomic mass is 16.5. The van der Waals surface area contributed by atoms with Crippen molar-refractivity contribution >= 4 is 28.3 Å². The van der Waals surface area contributed by atoms with Crippen molar-refractivity contribution in [2.45, 2.75) is 33.1 Å². The van der Waals surface area contributed by atoms with Gasteiger partial charge in [0.2, 0.25) is 0 Å². The van der Waals surface area contributed by atoms with Crippen molar-refractivity contribution in [3.8, 4) is 11.5 Å². The van der Waals surface area contributed by atoms with E-state index in [2.05, 4.69) is 0 Å². The number of carbonyl (C=O) groups is 2. The van der Waals surface area contributed by atoms with Crippen LogP contribution in [0.5, 0.6) is 11.5 Å². The summed E-state index contributed by atoms with van der Waals surface area (Å²) in [6.45, 7) is 6.33. The Kier molecular flexibility index (Phi) is 7.68. The van der Waals surface area contributed by atoms with E-state index < -0.39 is 0 Å². The molecule has 1 aliphatic rings. The molecule has 3 aromatic carbocycles. The smallest absolute Gasteiger partial charge is 0.260 e. The Morgan fingerprint density at radius 3 is 2.41 bits per heavy atom. The molecule has 2 amide bonds. The number of nitrogens with zero attached hydrogens (tertiary/aromatic N) is 2. The van der Waals surface area contributed by atoms with E-state index in [0.717, 1.165) is 42.4 Å². The molecule has 4 rings (SSSR count). The van der Waals surface area contributed by atoms with Crippen molar-refractivity contribution in [2.24, 2.45) is 0 Å². The standard InChI is InChI=1S/C28H32N2O4/c1-3-30(24-14-10-12-21-11-6-7-13-23(21)24)28(32)22-15-16-25(26(19-22)33-4-2)34-20-27(31)29-17-8-5-9-18-29/h6-7,10-16,19H,3-5,8-9,17-18,20H2,1-2H3. The number of hydrogen-bond donors (Lipinski definition) is 0. The monoisotopic (exact) mass is 460 g/mol. The summed E-state index contributed by atoms with van der Waals surface area (Å²) >= 11 is 0. The highest BCUT2D eigenvalue weighted by Crippen LogP contribution is 2.32. The van der Waals surface area contributed by atoms with Crippen molar-refractivity contribution in [1.82, 2.24) is 4.90 Å². The Bertz CT molecular complexity index is 1150. The van der Waals surface area contributed by atoms with E-state index in [1.54, 1.807) is 23.1 Å². The molecule has 1 aliphatic heterocycles. The molecule has 3 aromatic rings. The lowest BCUT2D eigenvalue weighted by atomic mass is 10.1. The van der Waals surface area contributed by atoms with Crippen molar-refractivity contribution in [3.05, 3.63) is 66.2 Å². The minimum absolute atomic E-state index is 0.0181. The fourth-order valence-electron chi connectivity index (χ4n) is 4.43. The fourth-order valence-corrected chi connectivity index (χ4v) is 4.43. The maximum atomic E-state index is 13.5. The Morgan fingerprint density at radius 1 is 0.882 bits per heavy atom. The van der Waals surface area contributed by atoms with E-state index in [0.29, 0.717) is 30.2 Å². The van der Waals surface area contributed by atoms with Crippen LogP contribution < -0.4 is 14.4 Å². The predicted molar refractivity (Wildman–Crippen MR) is 135 cm³/mol. The first-order valence-corrected chi connectivity index (χ1v) is 12.1. The Balaban J connectivity index is 1.55. The minimum atomic E-state index is -0.115. The molecule has 0 aromatic heterocycles. The summed E-state index contributed by atoms with van der Waals surface area (Å²) in [6.07, 6.45) is 3.25. The first kappa shape index (κ1) is 23.6. The minimum Gasteiger partial charge on any atom is -0.490 e. The summed E-state index contributed by atoms with van der Waals surface area (Å²) in [5, 5.41) is 2.12. The van der Waals surface area contributed by atoms with Crippen LogP contribution >= 0.6 is 0 Å². The lowest BCUT2D eigenvalue weighted by molar-refractivity contribution is -0.134. The van der Waals surface area contributed by atoms with Crippen LogP contribution in [-0.2, 0) is 4.79 Å². The van der Waals surface area contributed by atoms with Gasteiger partial charge in [-0.2, -0.15) is 0 Å². The first-order chi connectivity index (χ1) is 16.6. The summed E-state index contributed by atoms with van der Waals surface area (Å²) in [6, 6.07) is 19.2. The van der Waals surface area contributed by atoms with Crippen molar-refractivity contribution in [1.29, 1.82) is 0 Å². The first-order valence-electron chi connectivity index (χ1n) is 12.1. The molecule has 0 atom stereocenters. The second kappa shape index (κ2) is 11.1. The number of carbonyl (C=O) groups excluding carboxylic acids is 2. The summed E-state index contributed by atoms with van der Waals surface area (Å²) in [5.74, 6) is 0.803. The highest BCUT2D eigenvalue weighted by Gasteiger charge is 2.21. The average molecular weight is 461 g/mol. The second-order valence-corrected chi connectivity index (χ2v) is 8.37. The SMILES string of the molecule is CCOc1cc(C(=O)N(CC)c2cccc3ccccc23)ccc1OCC(=O)N1CCCCC1. The maximum absolute atomic E-state index is 13.5. The van der Waals surface area contributed by atoms with Gasteiger partial charge in [0.25, 0.3) is 11.8 Å². The van der Waals surface area contributed by atoms with Crippen molar-refractivity contribution in [2.75, 3.05) is 37.7 Å². The van der Waals surface area contributed by atoms with Gasteiger partial charge in [0.05, 0.1) is 12.3 Å². The maximum Gasteiger partial charge on any atom is 0.260 e. The lowest BCUT2D eigenvalue weighted by Crippen LogP contribution is -2.38. The van der Waals surface area contributed by atoms with Crippen LogP contribution in [0.25, 0.3) is 10.8 Å². The molecule has 0 aliphatic carbocycles. The van der Waals surface area contributed by atoms with E-state index in [1.165, 1.54) is 6.42 Å². The Morgan fingerprint density at radius 2 is 1.65 bits per heavy atom. The molecule has 34 heavy (non-hydrogen) atoms. The molecule has 1 saturated heterocycles. The molecular weight excluding hydrogens is 428 g/mol. The predicted octanol–water partition coefficient (Wildman–Crippen LogP) is 5.30. The molecule has 178 valence electrons. The third-order valence-electron chi connectivity index (χ3n) is 6.17. The quantitative estimate of drug-likeness (QED) is 0.458. The largest absolute Gasteiger partial charge is 0.490 e. The van der Waals surface area contributed by atoms with Crippen LogP contribution in [0, 0.1) is 0 Å². The molecular formula is C28H32N2O4. The number of ether oxygens (including phenoxy) is 2. The van der Waals surface area contributed by atoms with Gasteiger partial charge in [-0.3, -0.25) is 9.59 Å². The summed E-state index contributed by atoms with van der Waals surface area (Å²) < 4.78 is 11.6. The summed E-state index contributed by atoms with van der Waals surface area (Å²) in [5.41, 5.74) is 1.38. The van der Waals surface area contributed by atoms with E-state index >= 15 is 0 Å². The number of benzene rings is 3. The normalized spacial score (nSPS) is 13.5. The fraction of sp³-hybridized carbons (Fsp3) is 0.357. The van der Waals surface area contributed by atoms with E-state index in [1.807, 2.05) is 61.2 Å². The molecule has 1 fully saturated rings. The van der Waals surface area contributed by atoms with Gasteiger partial charge in [0.1, 0.15) is 0 Å². The number of piperidine rings is 1. The number of likely N-dealkylation sites (tertiary alicyclic amines) is 1. The van der Waals surface area contributed by atoms with Gasteiger partial charge in [0.15, 0.2) is 18.1 Å². The third kappa shape index (κ3) is 5.16. The third-order valence-corrected chi connectivity index (χ3v) is 6.17. The molecule has 6 nitrogen and oxygen atoms in total. The van der Waals surface area contributed by atoms with Crippen LogP contribution in [-0.4, -0.2) is 49.6 Å². The van der Waals surface area contributed by atoms with Gasteiger partial charge >= 0.3 is 0 Å². The molecule has 1 heterocycles. The van der Waals surface area contributed by atoms with Crippen LogP contribution in [0.3, 0.4) is 0 Å². The number of hydrogen-bond acceptors (Lipinski definition) is 4. The van der Waals surface area contributed by atoms with Gasteiger partial charge < -0.3 is 19.3 Å². The highest BCUT2D eigenvalue weighted by molar-refractivity contribution is 6.11. The van der Waals surface area contributed by atoms with Gasteiger partial charge in [-0.25, -0.2) is 0 Å². The lowest BCUT2D eigenvalue weighted by Gasteiger charge is -2.26. The van der Waals surface area contributed by atoms with Crippen LogP contribution in [0.1, 0.15) is 43.5 Å². The van der Waals surface area contributed by atoms with Gasteiger partial charge in [-0.05, 0) is 62.8 Å². The summed E-state index contributed by atoms with van der Waals surface area (Å²) in [7, 11) is 0. The number of anilines is 1. The second-order valence-electron chi connectivity index (χ2n) is 8.37. The number of amides is 2. The van der Waals surface area contributed by atoms with Gasteiger partial charge in [0, 0.05) is 30.6 Å². The Labute approximate surface area is 201 Å². The molecule has 0 unspecified atom stereocenters. The molecule has 0 N–H and O–H groups in total. The molecule has 0 saturated carbocycles. The zero-order chi connectivity index (χ0) is 23.9. The molecule has 6 heteroatoms.